The van der Waals surface area contributed by atoms with Gasteiger partial charge in [-0.25, -0.2) is 0 Å². The molecule has 1 atom stereocenters. The number of aliphatic hydroxyl groups is 1. The fourth-order valence-electron chi connectivity index (χ4n) is 4.03. The van der Waals surface area contributed by atoms with Gasteiger partial charge in [-0.15, -0.1) is 0 Å². The Hall–Kier alpha value is -4.26. The van der Waals surface area contributed by atoms with Crippen molar-refractivity contribution in [1.82, 2.24) is 19.9 Å². The van der Waals surface area contributed by atoms with Gasteiger partial charge >= 0.3 is 0 Å². The second kappa shape index (κ2) is 7.53. The van der Waals surface area contributed by atoms with E-state index in [1.54, 1.807) is 55.2 Å². The molecule has 3 aromatic heterocycles. The van der Waals surface area contributed by atoms with Gasteiger partial charge in [0.25, 0.3) is 11.7 Å². The molecule has 5 rings (SSSR count). The molecule has 1 saturated heterocycles. The van der Waals surface area contributed by atoms with Gasteiger partial charge in [0, 0.05) is 54.0 Å². The van der Waals surface area contributed by atoms with Gasteiger partial charge in [0.05, 0.1) is 11.6 Å². The van der Waals surface area contributed by atoms with Crippen molar-refractivity contribution in [3.05, 3.63) is 102 Å². The molecule has 2 N–H and O–H groups in total. The maximum atomic E-state index is 13.1. The van der Waals surface area contributed by atoms with Gasteiger partial charge in [0.1, 0.15) is 5.76 Å². The van der Waals surface area contributed by atoms with E-state index in [0.29, 0.717) is 11.1 Å². The second-order valence-electron chi connectivity index (χ2n) is 7.31. The van der Waals surface area contributed by atoms with Gasteiger partial charge in [-0.1, -0.05) is 18.2 Å². The zero-order chi connectivity index (χ0) is 21.4. The van der Waals surface area contributed by atoms with Crippen molar-refractivity contribution in [3.8, 4) is 0 Å². The number of para-hydroxylation sites is 1. The number of aliphatic hydroxyl groups excluding tert-OH is 1. The molecule has 1 unspecified atom stereocenters. The predicted octanol–water partition coefficient (Wildman–Crippen LogP) is 3.58. The van der Waals surface area contributed by atoms with Crippen LogP contribution in [0.15, 0.2) is 85.1 Å². The molecule has 0 saturated carbocycles. The lowest BCUT2D eigenvalue weighted by Crippen LogP contribution is -2.29. The molecular formula is C24H18N4O3. The largest absolute Gasteiger partial charge is 0.507 e. The minimum atomic E-state index is -0.732. The number of nitrogens with zero attached hydrogens (tertiary/aromatic N) is 3. The first-order valence-electron chi connectivity index (χ1n) is 9.79. The average molecular weight is 410 g/mol. The van der Waals surface area contributed by atoms with E-state index >= 15 is 0 Å². The number of ketones is 1. The van der Waals surface area contributed by atoms with Crippen molar-refractivity contribution in [1.29, 1.82) is 0 Å². The SMILES string of the molecule is O=C1C(=O)N(Cc2ccncc2)C(c2ccncc2)/C1=C(/O)c1c[nH]c2ccccc12. The zero-order valence-corrected chi connectivity index (χ0v) is 16.4. The Morgan fingerprint density at radius 3 is 2.39 bits per heavy atom. The molecule has 1 aliphatic heterocycles. The van der Waals surface area contributed by atoms with E-state index in [-0.39, 0.29) is 17.9 Å². The normalized spacial score (nSPS) is 18.1. The summed E-state index contributed by atoms with van der Waals surface area (Å²) in [6, 6.07) is 13.8. The molecule has 7 nitrogen and oxygen atoms in total. The van der Waals surface area contributed by atoms with Crippen LogP contribution in [0.3, 0.4) is 0 Å². The lowest BCUT2D eigenvalue weighted by atomic mass is 9.95. The summed E-state index contributed by atoms with van der Waals surface area (Å²) in [6.07, 6.45) is 8.14. The third kappa shape index (κ3) is 3.16. The number of aromatic amines is 1. The van der Waals surface area contributed by atoms with E-state index in [1.165, 1.54) is 4.90 Å². The van der Waals surface area contributed by atoms with Gasteiger partial charge < -0.3 is 15.0 Å². The number of benzene rings is 1. The predicted molar refractivity (Wildman–Crippen MR) is 115 cm³/mol. The van der Waals surface area contributed by atoms with E-state index in [9.17, 15) is 14.7 Å². The Balaban J connectivity index is 1.68. The first-order chi connectivity index (χ1) is 15.1. The molecule has 0 bridgehead atoms. The van der Waals surface area contributed by atoms with Gasteiger partial charge in [-0.05, 0) is 41.5 Å². The van der Waals surface area contributed by atoms with Crippen LogP contribution < -0.4 is 0 Å². The number of hydrogen-bond donors (Lipinski definition) is 2. The zero-order valence-electron chi connectivity index (χ0n) is 16.4. The molecular weight excluding hydrogens is 392 g/mol. The van der Waals surface area contributed by atoms with Crippen LogP contribution in [0.2, 0.25) is 0 Å². The molecule has 0 radical (unpaired) electrons. The number of likely N-dealkylation sites (tertiary alicyclic amines) is 1. The Labute approximate surface area is 177 Å². The minimum absolute atomic E-state index is 0.0648. The molecule has 4 aromatic rings. The summed E-state index contributed by atoms with van der Waals surface area (Å²) in [6.45, 7) is 0.213. The highest BCUT2D eigenvalue weighted by atomic mass is 16.3. The van der Waals surface area contributed by atoms with Crippen LogP contribution in [0.5, 0.6) is 0 Å². The Bertz CT molecular complexity index is 1310. The monoisotopic (exact) mass is 410 g/mol. The summed E-state index contributed by atoms with van der Waals surface area (Å²) in [5, 5.41) is 12.0. The molecule has 1 fully saturated rings. The number of nitrogens with one attached hydrogen (secondary N) is 1. The Morgan fingerprint density at radius 1 is 0.968 bits per heavy atom. The maximum Gasteiger partial charge on any atom is 0.295 e. The van der Waals surface area contributed by atoms with Crippen molar-refractivity contribution < 1.29 is 14.7 Å². The van der Waals surface area contributed by atoms with Crippen LogP contribution in [0.4, 0.5) is 0 Å². The molecule has 1 amide bonds. The molecule has 152 valence electrons. The highest BCUT2D eigenvalue weighted by Gasteiger charge is 2.46. The van der Waals surface area contributed by atoms with E-state index in [4.69, 9.17) is 0 Å². The van der Waals surface area contributed by atoms with Crippen molar-refractivity contribution in [2.75, 3.05) is 0 Å². The summed E-state index contributed by atoms with van der Waals surface area (Å²) in [5.41, 5.74) is 2.91. The summed E-state index contributed by atoms with van der Waals surface area (Å²) >= 11 is 0. The number of amides is 1. The summed E-state index contributed by atoms with van der Waals surface area (Å²) in [5.74, 6) is -1.56. The van der Waals surface area contributed by atoms with Crippen LogP contribution in [0.1, 0.15) is 22.7 Å². The lowest BCUT2D eigenvalue weighted by molar-refractivity contribution is -0.140. The van der Waals surface area contributed by atoms with Crippen molar-refractivity contribution >= 4 is 28.4 Å². The standard InChI is InChI=1S/C24H18N4O3/c29-22(18-13-27-19-4-2-1-3-17(18)19)20-21(16-7-11-26-12-8-16)28(24(31)23(20)30)14-15-5-9-25-10-6-15/h1-13,21,27,29H,14H2/b22-20-. The average Bonchev–Trinajstić information content (AvgIpc) is 3.35. The third-order valence-corrected chi connectivity index (χ3v) is 5.51. The maximum absolute atomic E-state index is 13.1. The number of fused-ring (bicyclic) bond motifs is 1. The van der Waals surface area contributed by atoms with Crippen LogP contribution in [0, 0.1) is 0 Å². The van der Waals surface area contributed by atoms with Crippen LogP contribution >= 0.6 is 0 Å². The number of H-pyrrole nitrogens is 1. The molecule has 31 heavy (non-hydrogen) atoms. The Kier molecular flexibility index (Phi) is 4.55. The number of pyridine rings is 2. The number of Topliss-reactive ketones (excluding diaryl/α,β-unsaturated/α-hetero) is 1. The fraction of sp³-hybridized carbons (Fsp3) is 0.0833. The number of rotatable bonds is 4. The van der Waals surface area contributed by atoms with E-state index in [1.807, 2.05) is 24.3 Å². The summed E-state index contributed by atoms with van der Waals surface area (Å²) < 4.78 is 0. The number of carbonyl (C=O) groups excluding carboxylic acids is 2. The second-order valence-corrected chi connectivity index (χ2v) is 7.31. The van der Waals surface area contributed by atoms with Gasteiger partial charge in [-0.2, -0.15) is 0 Å². The first kappa shape index (κ1) is 18.7. The topological polar surface area (TPSA) is 99.2 Å². The number of carbonyl (C=O) groups is 2. The van der Waals surface area contributed by atoms with Crippen LogP contribution in [0.25, 0.3) is 16.7 Å². The highest BCUT2D eigenvalue weighted by Crippen LogP contribution is 2.41. The van der Waals surface area contributed by atoms with E-state index in [2.05, 4.69) is 15.0 Å². The minimum Gasteiger partial charge on any atom is -0.507 e. The van der Waals surface area contributed by atoms with E-state index < -0.39 is 17.7 Å². The molecule has 0 aliphatic carbocycles. The molecule has 0 spiro atoms. The Morgan fingerprint density at radius 2 is 1.65 bits per heavy atom. The van der Waals surface area contributed by atoms with Crippen molar-refractivity contribution in [3.63, 3.8) is 0 Å². The summed E-state index contributed by atoms with van der Waals surface area (Å²) in [7, 11) is 0. The first-order valence-corrected chi connectivity index (χ1v) is 9.79. The van der Waals surface area contributed by atoms with Crippen LogP contribution in [-0.4, -0.2) is 36.6 Å². The van der Waals surface area contributed by atoms with Crippen molar-refractivity contribution in [2.45, 2.75) is 12.6 Å². The van der Waals surface area contributed by atoms with Crippen molar-refractivity contribution in [2.24, 2.45) is 0 Å². The lowest BCUT2D eigenvalue weighted by Gasteiger charge is -2.25. The molecule has 7 heteroatoms. The highest BCUT2D eigenvalue weighted by molar-refractivity contribution is 6.46. The fourth-order valence-corrected chi connectivity index (χ4v) is 4.03. The number of aromatic nitrogens is 3. The van der Waals surface area contributed by atoms with Gasteiger partial charge in [-0.3, -0.25) is 19.6 Å². The molecule has 1 aliphatic rings. The molecule has 1 aromatic carbocycles. The van der Waals surface area contributed by atoms with Gasteiger partial charge in [0.15, 0.2) is 0 Å². The van der Waals surface area contributed by atoms with Gasteiger partial charge in [0.2, 0.25) is 0 Å². The smallest absolute Gasteiger partial charge is 0.295 e. The number of hydrogen-bond acceptors (Lipinski definition) is 5. The third-order valence-electron chi connectivity index (χ3n) is 5.51. The quantitative estimate of drug-likeness (QED) is 0.304. The summed E-state index contributed by atoms with van der Waals surface area (Å²) in [4.78, 5) is 38.8. The van der Waals surface area contributed by atoms with Crippen LogP contribution in [-0.2, 0) is 16.1 Å². The molecule has 4 heterocycles. The van der Waals surface area contributed by atoms with E-state index in [0.717, 1.165) is 16.5 Å².